The lowest BCUT2D eigenvalue weighted by molar-refractivity contribution is -0.204. The highest BCUT2D eigenvalue weighted by Crippen LogP contribution is 2.75. The monoisotopic (exact) mass is 630 g/mol. The van der Waals surface area contributed by atoms with Gasteiger partial charge >= 0.3 is 0 Å². The molecule has 1 heterocycles. The minimum Gasteiger partial charge on any atom is -0.393 e. The predicted octanol–water partition coefficient (Wildman–Crippen LogP) is 6.48. The normalized spacial score (nSPS) is 44.5. The first-order valence-electron chi connectivity index (χ1n) is 17.9. The molecule has 6 aliphatic rings. The molecular formula is C37H62N2O4S. The Balaban J connectivity index is 1.31. The average Bonchev–Trinajstić information content (AvgIpc) is 2.94. The first-order valence-corrected chi connectivity index (χ1v) is 19.7. The quantitative estimate of drug-likeness (QED) is 0.360. The Bertz CT molecular complexity index is 1310. The van der Waals surface area contributed by atoms with E-state index in [2.05, 4.69) is 53.4 Å². The average molecular weight is 631 g/mol. The van der Waals surface area contributed by atoms with Crippen molar-refractivity contribution in [3.8, 4) is 0 Å². The molecule has 0 bridgehead atoms. The molecule has 250 valence electrons. The summed E-state index contributed by atoms with van der Waals surface area (Å²) in [4.78, 5) is 18.9. The SMILES string of the molecule is CN(CCN1CCS(=O)(=O)CC1)C(=O)[C@]12CCC(C)(C)CC1=C1CC[C@@H]3[C@@]4(C)CC[C@H](O)C(C)(C)[C@@H]4CC[C@@]3(C)[C@]1(C)CC2. The molecule has 0 aromatic carbocycles. The molecule has 1 aliphatic heterocycles. The van der Waals surface area contributed by atoms with E-state index in [0.29, 0.717) is 37.4 Å². The van der Waals surface area contributed by atoms with Crippen molar-refractivity contribution in [1.82, 2.24) is 9.80 Å². The third-order valence-electron chi connectivity index (χ3n) is 15.5. The van der Waals surface area contributed by atoms with Gasteiger partial charge in [-0.2, -0.15) is 0 Å². The van der Waals surface area contributed by atoms with Crippen LogP contribution in [0.4, 0.5) is 0 Å². The summed E-state index contributed by atoms with van der Waals surface area (Å²) in [5.74, 6) is 1.98. The van der Waals surface area contributed by atoms with Crippen LogP contribution < -0.4 is 0 Å². The number of carbonyl (C=O) groups is 1. The third kappa shape index (κ3) is 4.81. The Morgan fingerprint density at radius 3 is 2.20 bits per heavy atom. The summed E-state index contributed by atoms with van der Waals surface area (Å²) in [6.07, 6.45) is 11.7. The molecule has 1 N–H and O–H groups in total. The number of fused-ring (bicyclic) bond motifs is 6. The molecule has 0 unspecified atom stereocenters. The molecule has 4 saturated carbocycles. The largest absolute Gasteiger partial charge is 0.393 e. The Morgan fingerprint density at radius 1 is 0.864 bits per heavy atom. The number of rotatable bonds is 4. The maximum Gasteiger partial charge on any atom is 0.232 e. The van der Waals surface area contributed by atoms with Crippen LogP contribution in [-0.4, -0.2) is 80.1 Å². The Morgan fingerprint density at radius 2 is 1.52 bits per heavy atom. The van der Waals surface area contributed by atoms with Crippen LogP contribution in [0.25, 0.3) is 0 Å². The summed E-state index contributed by atoms with van der Waals surface area (Å²) in [6.45, 7) is 19.8. The minimum absolute atomic E-state index is 0.0391. The molecule has 0 radical (unpaired) electrons. The lowest BCUT2D eigenvalue weighted by Crippen LogP contribution is -2.64. The van der Waals surface area contributed by atoms with E-state index < -0.39 is 9.84 Å². The van der Waals surface area contributed by atoms with E-state index in [1.54, 1.807) is 5.57 Å². The van der Waals surface area contributed by atoms with Crippen molar-refractivity contribution in [2.45, 2.75) is 125 Å². The second-order valence-electron chi connectivity index (χ2n) is 18.4. The fourth-order valence-corrected chi connectivity index (χ4v) is 13.6. The van der Waals surface area contributed by atoms with Crippen molar-refractivity contribution in [3.05, 3.63) is 11.1 Å². The smallest absolute Gasteiger partial charge is 0.232 e. The van der Waals surface area contributed by atoms with Crippen molar-refractivity contribution in [2.24, 2.45) is 44.3 Å². The van der Waals surface area contributed by atoms with Crippen molar-refractivity contribution < 1.29 is 18.3 Å². The number of hydrogen-bond donors (Lipinski definition) is 1. The van der Waals surface area contributed by atoms with Crippen molar-refractivity contribution in [2.75, 3.05) is 44.7 Å². The van der Waals surface area contributed by atoms with Gasteiger partial charge in [-0.1, -0.05) is 59.6 Å². The van der Waals surface area contributed by atoms with E-state index in [0.717, 1.165) is 57.9 Å². The molecule has 7 heteroatoms. The van der Waals surface area contributed by atoms with Gasteiger partial charge in [-0.3, -0.25) is 9.69 Å². The number of likely N-dealkylation sites (N-methyl/N-ethyl adjacent to an activating group) is 1. The van der Waals surface area contributed by atoms with Crippen molar-refractivity contribution in [3.63, 3.8) is 0 Å². The van der Waals surface area contributed by atoms with E-state index in [1.165, 1.54) is 24.8 Å². The molecule has 6 nitrogen and oxygen atoms in total. The van der Waals surface area contributed by atoms with E-state index in [-0.39, 0.29) is 50.1 Å². The summed E-state index contributed by atoms with van der Waals surface area (Å²) >= 11 is 0. The van der Waals surface area contributed by atoms with Gasteiger partial charge in [-0.25, -0.2) is 8.42 Å². The maximum atomic E-state index is 14.7. The minimum atomic E-state index is -2.90. The molecule has 1 amide bonds. The van der Waals surface area contributed by atoms with E-state index in [4.69, 9.17) is 0 Å². The molecule has 1 saturated heterocycles. The van der Waals surface area contributed by atoms with Gasteiger partial charge in [-0.05, 0) is 110 Å². The summed E-state index contributed by atoms with van der Waals surface area (Å²) in [5.41, 5.74) is 3.49. The number of aliphatic hydroxyl groups excluding tert-OH is 1. The van der Waals surface area contributed by atoms with Crippen LogP contribution in [0.15, 0.2) is 11.1 Å². The van der Waals surface area contributed by atoms with Crippen LogP contribution in [0.3, 0.4) is 0 Å². The Labute approximate surface area is 268 Å². The molecule has 0 aromatic rings. The zero-order valence-electron chi connectivity index (χ0n) is 29.2. The summed E-state index contributed by atoms with van der Waals surface area (Å²) in [7, 11) is -0.912. The number of allylic oxidation sites excluding steroid dienone is 1. The molecule has 5 fully saturated rings. The molecule has 0 aromatic heterocycles. The number of aliphatic hydroxyl groups is 1. The molecule has 44 heavy (non-hydrogen) atoms. The Kier molecular flexibility index (Phi) is 7.91. The summed E-state index contributed by atoms with van der Waals surface area (Å²) in [6, 6.07) is 0. The molecule has 5 aliphatic carbocycles. The molecule has 7 atom stereocenters. The first kappa shape index (κ1) is 33.0. The number of amides is 1. The predicted molar refractivity (Wildman–Crippen MR) is 178 cm³/mol. The van der Waals surface area contributed by atoms with Gasteiger partial charge < -0.3 is 10.0 Å². The number of hydrogen-bond acceptors (Lipinski definition) is 5. The van der Waals surface area contributed by atoms with Gasteiger partial charge in [-0.15, -0.1) is 0 Å². The second kappa shape index (κ2) is 10.5. The zero-order valence-corrected chi connectivity index (χ0v) is 30.0. The van der Waals surface area contributed by atoms with Gasteiger partial charge in [0.2, 0.25) is 5.91 Å². The molecular weight excluding hydrogens is 568 g/mol. The number of carbonyl (C=O) groups excluding carboxylic acids is 1. The van der Waals surface area contributed by atoms with Crippen molar-refractivity contribution >= 4 is 15.7 Å². The fraction of sp³-hybridized carbons (Fsp3) is 0.919. The lowest BCUT2D eigenvalue weighted by Gasteiger charge is -2.71. The number of sulfone groups is 1. The highest BCUT2D eigenvalue weighted by Gasteiger charge is 2.68. The van der Waals surface area contributed by atoms with Crippen LogP contribution >= 0.6 is 0 Å². The van der Waals surface area contributed by atoms with E-state index in [1.807, 2.05) is 11.9 Å². The fourth-order valence-electron chi connectivity index (χ4n) is 12.3. The van der Waals surface area contributed by atoms with Crippen LogP contribution in [0.1, 0.15) is 119 Å². The molecule has 0 spiro atoms. The van der Waals surface area contributed by atoms with Gasteiger partial charge in [0.25, 0.3) is 0 Å². The zero-order chi connectivity index (χ0) is 32.1. The van der Waals surface area contributed by atoms with Crippen LogP contribution in [0.2, 0.25) is 0 Å². The standard InChI is InChI=1S/C37H62N2O4S/c1-32(2)15-17-37(31(41)38(8)19-20-39-21-23-44(42,43)24-22-39)18-16-35(6)26(27(37)25-32)9-10-29-34(5)13-12-30(40)33(3,4)28(34)11-14-36(29,35)7/h28-30,40H,9-25H2,1-8H3/t28-,29+,30-,34-,35+,36+,37-/m0/s1. The van der Waals surface area contributed by atoms with E-state index in [9.17, 15) is 18.3 Å². The van der Waals surface area contributed by atoms with Gasteiger partial charge in [0, 0.05) is 33.2 Å². The van der Waals surface area contributed by atoms with Crippen LogP contribution in [-0.2, 0) is 14.6 Å². The number of nitrogens with zero attached hydrogens (tertiary/aromatic N) is 2. The van der Waals surface area contributed by atoms with Gasteiger partial charge in [0.1, 0.15) is 0 Å². The summed E-state index contributed by atoms with van der Waals surface area (Å²) < 4.78 is 23.9. The lowest BCUT2D eigenvalue weighted by atomic mass is 9.34. The van der Waals surface area contributed by atoms with Crippen molar-refractivity contribution in [1.29, 1.82) is 0 Å². The highest BCUT2D eigenvalue weighted by molar-refractivity contribution is 7.91. The van der Waals surface area contributed by atoms with Gasteiger partial charge in [0.15, 0.2) is 9.84 Å². The van der Waals surface area contributed by atoms with Gasteiger partial charge in [0.05, 0.1) is 23.0 Å². The van der Waals surface area contributed by atoms with Crippen LogP contribution in [0.5, 0.6) is 0 Å². The molecule has 6 rings (SSSR count). The maximum absolute atomic E-state index is 14.7. The summed E-state index contributed by atoms with van der Waals surface area (Å²) in [5, 5.41) is 11.1. The first-order chi connectivity index (χ1) is 20.3. The highest BCUT2D eigenvalue weighted by atomic mass is 32.2. The second-order valence-corrected chi connectivity index (χ2v) is 20.7. The topological polar surface area (TPSA) is 77.9 Å². The third-order valence-corrected chi connectivity index (χ3v) is 17.1. The Hall–Kier alpha value is -0.920. The van der Waals surface area contributed by atoms with E-state index >= 15 is 0 Å². The van der Waals surface area contributed by atoms with Crippen LogP contribution in [0, 0.1) is 44.3 Å².